The molecule has 5 heteroatoms. The summed E-state index contributed by atoms with van der Waals surface area (Å²) in [7, 11) is -3.52. The van der Waals surface area contributed by atoms with Crippen molar-refractivity contribution in [3.8, 4) is 5.75 Å². The summed E-state index contributed by atoms with van der Waals surface area (Å²) in [5.41, 5.74) is 2.52. The molecule has 1 aromatic carbocycles. The third kappa shape index (κ3) is 2.55. The lowest BCUT2D eigenvalue weighted by molar-refractivity contribution is -0.129. The Bertz CT molecular complexity index is 737. The molecule has 3 aliphatic rings. The molecule has 5 atom stereocenters. The van der Waals surface area contributed by atoms with Crippen molar-refractivity contribution in [3.05, 3.63) is 29.3 Å². The number of carbonyl (C=O) groups excluding carboxylic acids is 1. The molecule has 0 amide bonds. The molecule has 1 N–H and O–H groups in total. The molecule has 0 spiro atoms. The lowest BCUT2D eigenvalue weighted by Gasteiger charge is -2.48. The predicted molar refractivity (Wildman–Crippen MR) is 92.4 cm³/mol. The Morgan fingerprint density at radius 3 is 2.79 bits per heavy atom. The summed E-state index contributed by atoms with van der Waals surface area (Å²) in [5.74, 6) is 2.61. The van der Waals surface area contributed by atoms with Crippen molar-refractivity contribution in [2.24, 2.45) is 17.3 Å². The topological polar surface area (TPSA) is 63.6 Å². The highest BCUT2D eigenvalue weighted by atomic mass is 31.2. The van der Waals surface area contributed by atoms with Gasteiger partial charge in [0.2, 0.25) is 0 Å². The quantitative estimate of drug-likeness (QED) is 0.809. The fourth-order valence-corrected chi connectivity index (χ4v) is 6.09. The highest BCUT2D eigenvalue weighted by Gasteiger charge is 2.54. The SMILES string of the molecule is C[C@]12CC[C@@H]3c4ccc(OP(C)(=O)O)cc4CC[C@H]3[C@@H]1CCC2=O. The smallest absolute Gasteiger partial charge is 0.373 e. The molecule has 4 nitrogen and oxygen atoms in total. The van der Waals surface area contributed by atoms with Gasteiger partial charge in [-0.2, -0.15) is 0 Å². The molecule has 1 aromatic rings. The molecule has 0 radical (unpaired) electrons. The van der Waals surface area contributed by atoms with Gasteiger partial charge < -0.3 is 9.42 Å². The molecule has 0 saturated heterocycles. The second kappa shape index (κ2) is 5.44. The van der Waals surface area contributed by atoms with Gasteiger partial charge in [-0.3, -0.25) is 4.79 Å². The molecule has 2 saturated carbocycles. The number of rotatable bonds is 2. The van der Waals surface area contributed by atoms with E-state index in [0.717, 1.165) is 38.5 Å². The van der Waals surface area contributed by atoms with Gasteiger partial charge in [0.1, 0.15) is 11.5 Å². The Balaban J connectivity index is 1.64. The van der Waals surface area contributed by atoms with E-state index in [1.165, 1.54) is 17.8 Å². The Hall–Kier alpha value is -1.12. The Morgan fingerprint density at radius 1 is 1.25 bits per heavy atom. The minimum Gasteiger partial charge on any atom is -0.425 e. The van der Waals surface area contributed by atoms with E-state index in [4.69, 9.17) is 4.52 Å². The average Bonchev–Trinajstić information content (AvgIpc) is 2.81. The van der Waals surface area contributed by atoms with Crippen LogP contribution in [0.2, 0.25) is 0 Å². The summed E-state index contributed by atoms with van der Waals surface area (Å²) in [6.45, 7) is 3.40. The number of aryl methyl sites for hydroxylation is 1. The van der Waals surface area contributed by atoms with Crippen molar-refractivity contribution >= 4 is 13.4 Å². The first kappa shape index (κ1) is 16.4. The van der Waals surface area contributed by atoms with Crippen molar-refractivity contribution in [1.82, 2.24) is 0 Å². The maximum absolute atomic E-state index is 12.4. The van der Waals surface area contributed by atoms with Crippen LogP contribution < -0.4 is 4.52 Å². The van der Waals surface area contributed by atoms with Crippen LogP contribution in [-0.2, 0) is 15.8 Å². The van der Waals surface area contributed by atoms with Gasteiger partial charge in [0.15, 0.2) is 0 Å². The summed E-state index contributed by atoms with van der Waals surface area (Å²) in [5, 5.41) is 0. The van der Waals surface area contributed by atoms with E-state index in [1.54, 1.807) is 0 Å². The first-order valence-electron chi connectivity index (χ1n) is 8.94. The van der Waals surface area contributed by atoms with Crippen LogP contribution in [0.15, 0.2) is 18.2 Å². The van der Waals surface area contributed by atoms with Crippen LogP contribution in [0.1, 0.15) is 56.1 Å². The molecular weight excluding hydrogens is 323 g/mol. The molecule has 0 aromatic heterocycles. The molecule has 0 aliphatic heterocycles. The number of Topliss-reactive ketones (excluding diaryl/α,β-unsaturated/α-hetero) is 1. The van der Waals surface area contributed by atoms with E-state index >= 15 is 0 Å². The third-order valence-corrected chi connectivity index (χ3v) is 7.23. The molecule has 0 heterocycles. The maximum Gasteiger partial charge on any atom is 0.373 e. The molecule has 24 heavy (non-hydrogen) atoms. The van der Waals surface area contributed by atoms with Crippen molar-refractivity contribution in [1.29, 1.82) is 0 Å². The highest BCUT2D eigenvalue weighted by Crippen LogP contribution is 2.59. The van der Waals surface area contributed by atoms with Gasteiger partial charge in [0, 0.05) is 18.5 Å². The number of benzene rings is 1. The summed E-state index contributed by atoms with van der Waals surface area (Å²) in [6.07, 6.45) is 5.95. The van der Waals surface area contributed by atoms with E-state index < -0.39 is 7.60 Å². The fourth-order valence-electron chi connectivity index (χ4n) is 5.58. The van der Waals surface area contributed by atoms with E-state index in [2.05, 4.69) is 13.0 Å². The first-order chi connectivity index (χ1) is 11.3. The van der Waals surface area contributed by atoms with Crippen LogP contribution in [0.25, 0.3) is 0 Å². The lowest BCUT2D eigenvalue weighted by Crippen LogP contribution is -2.42. The monoisotopic (exact) mass is 348 g/mol. The fraction of sp³-hybridized carbons (Fsp3) is 0.632. The molecular formula is C19H25O4P. The number of carbonyl (C=O) groups is 1. The van der Waals surface area contributed by atoms with E-state index in [9.17, 15) is 14.3 Å². The summed E-state index contributed by atoms with van der Waals surface area (Å²) >= 11 is 0. The van der Waals surface area contributed by atoms with Crippen molar-refractivity contribution in [3.63, 3.8) is 0 Å². The van der Waals surface area contributed by atoms with Crippen molar-refractivity contribution in [2.75, 3.05) is 6.66 Å². The van der Waals surface area contributed by atoms with Gasteiger partial charge in [0.05, 0.1) is 0 Å². The minimum absolute atomic E-state index is 0.0898. The molecule has 2 fully saturated rings. The van der Waals surface area contributed by atoms with Crippen LogP contribution in [0, 0.1) is 17.3 Å². The number of hydrogen-bond donors (Lipinski definition) is 1. The number of hydrogen-bond acceptors (Lipinski definition) is 3. The largest absolute Gasteiger partial charge is 0.425 e. The molecule has 1 unspecified atom stereocenters. The molecule has 4 rings (SSSR count). The highest BCUT2D eigenvalue weighted by molar-refractivity contribution is 7.52. The van der Waals surface area contributed by atoms with Crippen LogP contribution >= 0.6 is 7.60 Å². The van der Waals surface area contributed by atoms with Gasteiger partial charge in [0.25, 0.3) is 0 Å². The van der Waals surface area contributed by atoms with Gasteiger partial charge in [-0.05, 0) is 73.1 Å². The maximum atomic E-state index is 12.4. The Morgan fingerprint density at radius 2 is 2.04 bits per heavy atom. The lowest BCUT2D eigenvalue weighted by atomic mass is 9.55. The zero-order chi connectivity index (χ0) is 17.1. The number of fused-ring (bicyclic) bond motifs is 5. The average molecular weight is 348 g/mol. The van der Waals surface area contributed by atoms with Crippen LogP contribution in [0.3, 0.4) is 0 Å². The predicted octanol–water partition coefficient (Wildman–Crippen LogP) is 4.31. The molecule has 3 aliphatic carbocycles. The zero-order valence-corrected chi connectivity index (χ0v) is 15.2. The van der Waals surface area contributed by atoms with E-state index in [1.807, 2.05) is 12.1 Å². The molecule has 130 valence electrons. The summed E-state index contributed by atoms with van der Waals surface area (Å²) < 4.78 is 16.6. The van der Waals surface area contributed by atoms with Crippen LogP contribution in [0.5, 0.6) is 5.75 Å². The van der Waals surface area contributed by atoms with Crippen molar-refractivity contribution in [2.45, 2.75) is 51.4 Å². The zero-order valence-electron chi connectivity index (χ0n) is 14.3. The van der Waals surface area contributed by atoms with Gasteiger partial charge in [-0.1, -0.05) is 13.0 Å². The molecule has 0 bridgehead atoms. The Kier molecular flexibility index (Phi) is 3.71. The standard InChI is InChI=1S/C19H25O4P/c1-19-10-9-15-14-6-4-13(23-24(2,21)22)11-12(14)3-5-16(15)17(19)7-8-18(19)20/h4,6,11,15-17H,3,5,7-10H2,1-2H3,(H,21,22)/t15-,16-,17+,19+/m1/s1. The Labute approximate surface area is 143 Å². The van der Waals surface area contributed by atoms with Crippen LogP contribution in [0.4, 0.5) is 0 Å². The second-order valence-corrected chi connectivity index (χ2v) is 9.88. The summed E-state index contributed by atoms with van der Waals surface area (Å²) in [6, 6.07) is 5.84. The first-order valence-corrected chi connectivity index (χ1v) is 11.0. The minimum atomic E-state index is -3.52. The number of ketones is 1. The van der Waals surface area contributed by atoms with Gasteiger partial charge in [-0.25, -0.2) is 4.57 Å². The summed E-state index contributed by atoms with van der Waals surface area (Å²) in [4.78, 5) is 21.8. The van der Waals surface area contributed by atoms with Gasteiger partial charge in [-0.15, -0.1) is 0 Å². The van der Waals surface area contributed by atoms with E-state index in [-0.39, 0.29) is 5.41 Å². The van der Waals surface area contributed by atoms with Crippen LogP contribution in [-0.4, -0.2) is 17.3 Å². The van der Waals surface area contributed by atoms with Crippen molar-refractivity contribution < 1.29 is 18.8 Å². The normalized spacial score (nSPS) is 37.1. The van der Waals surface area contributed by atoms with Gasteiger partial charge >= 0.3 is 7.60 Å². The second-order valence-electron chi connectivity index (χ2n) is 8.09. The third-order valence-electron chi connectivity index (χ3n) is 6.68. The van der Waals surface area contributed by atoms with E-state index in [0.29, 0.717) is 29.3 Å².